The average molecular weight is 486 g/mol. The summed E-state index contributed by atoms with van der Waals surface area (Å²) in [5.74, 6) is -1.56. The van der Waals surface area contributed by atoms with E-state index in [-0.39, 0.29) is 12.3 Å². The lowest BCUT2D eigenvalue weighted by Gasteiger charge is -2.19. The van der Waals surface area contributed by atoms with E-state index >= 15 is 0 Å². The van der Waals surface area contributed by atoms with Crippen molar-refractivity contribution in [2.24, 2.45) is 0 Å². The van der Waals surface area contributed by atoms with Crippen LogP contribution in [0.5, 0.6) is 5.75 Å². The number of benzene rings is 3. The quantitative estimate of drug-likeness (QED) is 0.430. The van der Waals surface area contributed by atoms with Crippen LogP contribution in [0.25, 0.3) is 0 Å². The van der Waals surface area contributed by atoms with Crippen LogP contribution in [-0.4, -0.2) is 33.4 Å². The van der Waals surface area contributed by atoms with Crippen molar-refractivity contribution in [3.63, 3.8) is 0 Å². The number of methoxy groups -OCH3 is 1. The third-order valence-electron chi connectivity index (χ3n) is 4.80. The number of hydrogen-bond acceptors (Lipinski definition) is 5. The van der Waals surface area contributed by atoms with Crippen molar-refractivity contribution in [2.75, 3.05) is 17.7 Å². The van der Waals surface area contributed by atoms with E-state index in [0.29, 0.717) is 22.7 Å². The highest BCUT2D eigenvalue weighted by molar-refractivity contribution is 7.89. The largest absolute Gasteiger partial charge is 0.494 e. The molecule has 0 aliphatic rings. The number of rotatable bonds is 9. The predicted molar refractivity (Wildman–Crippen MR) is 127 cm³/mol. The molecular formula is C24H24FN3O5S. The minimum absolute atomic E-state index is 0.0292. The minimum atomic E-state index is -4.34. The summed E-state index contributed by atoms with van der Waals surface area (Å²) >= 11 is 0. The second-order valence-electron chi connectivity index (χ2n) is 7.38. The molecule has 0 heterocycles. The molecular weight excluding hydrogens is 461 g/mol. The van der Waals surface area contributed by atoms with Gasteiger partial charge < -0.3 is 15.4 Å². The lowest BCUT2D eigenvalue weighted by molar-refractivity contribution is -0.117. The Labute approximate surface area is 197 Å². The lowest BCUT2D eigenvalue weighted by Crippen LogP contribution is -2.45. The van der Waals surface area contributed by atoms with Crippen LogP contribution in [0.3, 0.4) is 0 Å². The average Bonchev–Trinajstić information content (AvgIpc) is 2.80. The van der Waals surface area contributed by atoms with Gasteiger partial charge in [0.15, 0.2) is 0 Å². The molecule has 8 nitrogen and oxygen atoms in total. The third kappa shape index (κ3) is 6.40. The molecule has 0 aromatic heterocycles. The molecule has 0 bridgehead atoms. The minimum Gasteiger partial charge on any atom is -0.494 e. The van der Waals surface area contributed by atoms with E-state index < -0.39 is 32.7 Å². The summed E-state index contributed by atoms with van der Waals surface area (Å²) in [6.45, 7) is 1.35. The van der Waals surface area contributed by atoms with Crippen LogP contribution in [0.2, 0.25) is 0 Å². The fourth-order valence-corrected chi connectivity index (χ4v) is 4.52. The highest BCUT2D eigenvalue weighted by Gasteiger charge is 2.28. The van der Waals surface area contributed by atoms with Gasteiger partial charge in [-0.15, -0.1) is 0 Å². The van der Waals surface area contributed by atoms with Gasteiger partial charge >= 0.3 is 0 Å². The van der Waals surface area contributed by atoms with Crippen molar-refractivity contribution < 1.29 is 27.1 Å². The number of ether oxygens (including phenoxy) is 1. The molecule has 3 N–H and O–H groups in total. The Morgan fingerprint density at radius 2 is 1.65 bits per heavy atom. The number of sulfonamides is 1. The van der Waals surface area contributed by atoms with Gasteiger partial charge in [-0.3, -0.25) is 9.59 Å². The summed E-state index contributed by atoms with van der Waals surface area (Å²) in [6.07, 6.45) is 0.0292. The number of halogens is 1. The number of carbonyl (C=O) groups is 2. The van der Waals surface area contributed by atoms with Crippen LogP contribution in [-0.2, 0) is 26.0 Å². The zero-order valence-corrected chi connectivity index (χ0v) is 19.4. The van der Waals surface area contributed by atoms with Crippen LogP contribution in [0.1, 0.15) is 12.5 Å². The van der Waals surface area contributed by atoms with Gasteiger partial charge in [0.2, 0.25) is 21.8 Å². The Hall–Kier alpha value is -3.76. The van der Waals surface area contributed by atoms with Gasteiger partial charge in [0.05, 0.1) is 12.8 Å². The molecule has 0 radical (unpaired) electrons. The number of anilines is 2. The van der Waals surface area contributed by atoms with Gasteiger partial charge in [-0.05, 0) is 36.2 Å². The summed E-state index contributed by atoms with van der Waals surface area (Å²) in [7, 11) is -2.93. The predicted octanol–water partition coefficient (Wildman–Crippen LogP) is 3.32. The van der Waals surface area contributed by atoms with E-state index in [2.05, 4.69) is 15.4 Å². The third-order valence-corrected chi connectivity index (χ3v) is 6.31. The van der Waals surface area contributed by atoms with Crippen LogP contribution in [0.4, 0.5) is 15.8 Å². The maximum atomic E-state index is 14.2. The summed E-state index contributed by atoms with van der Waals surface area (Å²) in [6, 6.07) is 17.1. The first-order valence-corrected chi connectivity index (χ1v) is 11.7. The molecule has 0 aliphatic heterocycles. The summed E-state index contributed by atoms with van der Waals surface area (Å²) < 4.78 is 47.5. The zero-order chi connectivity index (χ0) is 24.7. The topological polar surface area (TPSA) is 114 Å². The first kappa shape index (κ1) is 24.9. The van der Waals surface area contributed by atoms with Gasteiger partial charge in [-0.1, -0.05) is 42.5 Å². The van der Waals surface area contributed by atoms with Gasteiger partial charge in [0, 0.05) is 18.7 Å². The molecule has 34 heavy (non-hydrogen) atoms. The lowest BCUT2D eigenvalue weighted by atomic mass is 10.1. The van der Waals surface area contributed by atoms with Crippen molar-refractivity contribution in [1.29, 1.82) is 0 Å². The maximum Gasteiger partial charge on any atom is 0.244 e. The molecule has 178 valence electrons. The molecule has 2 amide bonds. The van der Waals surface area contributed by atoms with Gasteiger partial charge in [-0.25, -0.2) is 12.8 Å². The van der Waals surface area contributed by atoms with Crippen LogP contribution in [0, 0.1) is 5.82 Å². The second kappa shape index (κ2) is 10.9. The molecule has 0 fully saturated rings. The van der Waals surface area contributed by atoms with Gasteiger partial charge in [-0.2, -0.15) is 4.72 Å². The van der Waals surface area contributed by atoms with E-state index in [1.165, 1.54) is 38.3 Å². The Kier molecular flexibility index (Phi) is 7.98. The van der Waals surface area contributed by atoms with Crippen LogP contribution in [0.15, 0.2) is 77.7 Å². The maximum absolute atomic E-state index is 14.2. The van der Waals surface area contributed by atoms with Crippen molar-refractivity contribution in [1.82, 2.24) is 4.72 Å². The van der Waals surface area contributed by atoms with E-state index in [0.717, 1.165) is 12.1 Å². The molecule has 0 saturated heterocycles. The Morgan fingerprint density at radius 1 is 0.971 bits per heavy atom. The van der Waals surface area contributed by atoms with Crippen molar-refractivity contribution in [3.05, 3.63) is 84.2 Å². The fourth-order valence-electron chi connectivity index (χ4n) is 3.24. The van der Waals surface area contributed by atoms with E-state index in [9.17, 15) is 22.4 Å². The molecule has 10 heteroatoms. The zero-order valence-electron chi connectivity index (χ0n) is 18.5. The number of hydrogen-bond donors (Lipinski definition) is 3. The smallest absolute Gasteiger partial charge is 0.244 e. The van der Waals surface area contributed by atoms with E-state index in [1.54, 1.807) is 36.4 Å². The highest BCUT2D eigenvalue weighted by atomic mass is 32.2. The van der Waals surface area contributed by atoms with E-state index in [1.807, 2.05) is 0 Å². The number of nitrogens with one attached hydrogen (secondary N) is 3. The standard InChI is InChI=1S/C24H24FN3O5S/c1-16(29)26-20-13-12-18(15-22(20)33-2)27-24(30)21(14-17-8-4-3-5-9-17)28-34(31,32)23-11-7-6-10-19(23)25/h3-13,15,21,28H,14H2,1-2H3,(H,26,29)(H,27,30)/t21-/m0/s1. The molecule has 1 atom stereocenters. The molecule has 3 aromatic carbocycles. The van der Waals surface area contributed by atoms with Crippen molar-refractivity contribution in [3.8, 4) is 5.75 Å². The summed E-state index contributed by atoms with van der Waals surface area (Å²) in [4.78, 5) is 23.9. The summed E-state index contributed by atoms with van der Waals surface area (Å²) in [5, 5.41) is 5.26. The molecule has 3 rings (SSSR count). The fraction of sp³-hybridized carbons (Fsp3) is 0.167. The van der Waals surface area contributed by atoms with Crippen molar-refractivity contribution >= 4 is 33.2 Å². The summed E-state index contributed by atoms with van der Waals surface area (Å²) in [5.41, 5.74) is 1.44. The monoisotopic (exact) mass is 485 g/mol. The molecule has 0 aliphatic carbocycles. The SMILES string of the molecule is COc1cc(NC(=O)[C@H](Cc2ccccc2)NS(=O)(=O)c2ccccc2F)ccc1NC(C)=O. The Morgan fingerprint density at radius 3 is 2.29 bits per heavy atom. The first-order valence-electron chi connectivity index (χ1n) is 10.3. The second-order valence-corrected chi connectivity index (χ2v) is 9.06. The van der Waals surface area contributed by atoms with E-state index in [4.69, 9.17) is 4.74 Å². The first-order chi connectivity index (χ1) is 16.2. The normalized spacial score (nSPS) is 12.0. The number of carbonyl (C=O) groups excluding carboxylic acids is 2. The number of amides is 2. The Bertz CT molecular complexity index is 1280. The van der Waals surface area contributed by atoms with Crippen LogP contribution < -0.4 is 20.1 Å². The van der Waals surface area contributed by atoms with Crippen molar-refractivity contribution in [2.45, 2.75) is 24.3 Å². The van der Waals surface area contributed by atoms with Gasteiger partial charge in [0.1, 0.15) is 22.5 Å². The Balaban J connectivity index is 1.88. The highest BCUT2D eigenvalue weighted by Crippen LogP contribution is 2.28. The molecule has 0 spiro atoms. The molecule has 0 saturated carbocycles. The molecule has 3 aromatic rings. The van der Waals surface area contributed by atoms with Gasteiger partial charge in [0.25, 0.3) is 0 Å². The van der Waals surface area contributed by atoms with Crippen LogP contribution >= 0.6 is 0 Å². The molecule has 0 unspecified atom stereocenters.